The summed E-state index contributed by atoms with van der Waals surface area (Å²) in [6.07, 6.45) is 4.27. The molecule has 0 aliphatic carbocycles. The molecule has 3 fully saturated rings. The highest BCUT2D eigenvalue weighted by atomic mass is 16.5. The number of hydrogen-bond acceptors (Lipinski definition) is 5. The number of likely N-dealkylation sites (tertiary alicyclic amines) is 1. The third-order valence-corrected chi connectivity index (χ3v) is 6.18. The zero-order valence-electron chi connectivity index (χ0n) is 16.0. The van der Waals surface area contributed by atoms with Gasteiger partial charge in [0, 0.05) is 32.8 Å². The summed E-state index contributed by atoms with van der Waals surface area (Å²) in [6.45, 7) is 6.08. The molecule has 0 aromatic carbocycles. The summed E-state index contributed by atoms with van der Waals surface area (Å²) in [6, 6.07) is 3.43. The van der Waals surface area contributed by atoms with Crippen LogP contribution >= 0.6 is 0 Å². The second-order valence-corrected chi connectivity index (χ2v) is 8.01. The van der Waals surface area contributed by atoms with Gasteiger partial charge in [0.05, 0.1) is 24.6 Å². The van der Waals surface area contributed by atoms with Crippen LogP contribution < -0.4 is 5.32 Å². The Hall–Kier alpha value is -1.86. The molecule has 7 heteroatoms. The van der Waals surface area contributed by atoms with E-state index in [-0.39, 0.29) is 23.8 Å². The second kappa shape index (κ2) is 7.64. The normalized spacial score (nSPS) is 25.7. The lowest BCUT2D eigenvalue weighted by atomic mass is 9.88. The number of carbonyl (C=O) groups is 2. The van der Waals surface area contributed by atoms with E-state index in [2.05, 4.69) is 10.2 Å². The van der Waals surface area contributed by atoms with Gasteiger partial charge in [-0.3, -0.25) is 14.5 Å². The van der Waals surface area contributed by atoms with E-state index in [1.807, 2.05) is 24.0 Å². The maximum atomic E-state index is 12.9. The van der Waals surface area contributed by atoms with Gasteiger partial charge in [-0.2, -0.15) is 0 Å². The van der Waals surface area contributed by atoms with Crippen molar-refractivity contribution in [2.45, 2.75) is 57.2 Å². The average molecular weight is 375 g/mol. The number of ether oxygens (including phenoxy) is 1. The van der Waals surface area contributed by atoms with Gasteiger partial charge in [0.1, 0.15) is 11.5 Å². The van der Waals surface area contributed by atoms with Crippen molar-refractivity contribution >= 4 is 11.8 Å². The monoisotopic (exact) mass is 375 g/mol. The first-order valence-corrected chi connectivity index (χ1v) is 10.0. The molecule has 3 aliphatic rings. The SMILES string of the molecule is Cc1ccc(CN2CCNC(=O)[C@H]2CC(=O)N2CCC3(CCCO3)CC2)o1. The van der Waals surface area contributed by atoms with Crippen LogP contribution in [0.25, 0.3) is 0 Å². The van der Waals surface area contributed by atoms with Crippen molar-refractivity contribution in [2.24, 2.45) is 0 Å². The van der Waals surface area contributed by atoms with Crippen LogP contribution in [-0.4, -0.2) is 66.0 Å². The summed E-state index contributed by atoms with van der Waals surface area (Å²) >= 11 is 0. The lowest BCUT2D eigenvalue weighted by molar-refractivity contribution is -0.142. The molecular weight excluding hydrogens is 346 g/mol. The van der Waals surface area contributed by atoms with E-state index in [1.165, 1.54) is 0 Å². The van der Waals surface area contributed by atoms with Gasteiger partial charge in [-0.05, 0) is 44.7 Å². The topological polar surface area (TPSA) is 75.0 Å². The number of carbonyl (C=O) groups excluding carboxylic acids is 2. The molecule has 0 unspecified atom stereocenters. The maximum absolute atomic E-state index is 12.9. The molecule has 0 bridgehead atoms. The largest absolute Gasteiger partial charge is 0.465 e. The zero-order chi connectivity index (χ0) is 18.9. The highest BCUT2D eigenvalue weighted by molar-refractivity contribution is 5.88. The number of hydrogen-bond donors (Lipinski definition) is 1. The van der Waals surface area contributed by atoms with Crippen LogP contribution in [0.15, 0.2) is 16.5 Å². The van der Waals surface area contributed by atoms with E-state index in [0.29, 0.717) is 13.1 Å². The molecule has 3 saturated heterocycles. The molecule has 0 radical (unpaired) electrons. The number of nitrogens with one attached hydrogen (secondary N) is 1. The number of piperazine rings is 1. The molecule has 27 heavy (non-hydrogen) atoms. The van der Waals surface area contributed by atoms with E-state index in [0.717, 1.165) is 63.4 Å². The zero-order valence-corrected chi connectivity index (χ0v) is 16.0. The van der Waals surface area contributed by atoms with Crippen molar-refractivity contribution in [3.05, 3.63) is 23.7 Å². The van der Waals surface area contributed by atoms with Gasteiger partial charge in [0.25, 0.3) is 0 Å². The number of furan rings is 1. The number of aryl methyl sites for hydroxylation is 1. The van der Waals surface area contributed by atoms with E-state index < -0.39 is 6.04 Å². The molecule has 7 nitrogen and oxygen atoms in total. The fraction of sp³-hybridized carbons (Fsp3) is 0.700. The third kappa shape index (κ3) is 4.04. The van der Waals surface area contributed by atoms with E-state index in [1.54, 1.807) is 0 Å². The van der Waals surface area contributed by atoms with Gasteiger partial charge in [-0.15, -0.1) is 0 Å². The Labute approximate surface area is 160 Å². The molecular formula is C20H29N3O4. The van der Waals surface area contributed by atoms with Crippen LogP contribution in [0.2, 0.25) is 0 Å². The van der Waals surface area contributed by atoms with Crippen LogP contribution in [0, 0.1) is 6.92 Å². The number of amides is 2. The molecule has 4 rings (SSSR count). The molecule has 148 valence electrons. The van der Waals surface area contributed by atoms with Crippen LogP contribution in [0.1, 0.15) is 43.6 Å². The van der Waals surface area contributed by atoms with Crippen molar-refractivity contribution in [1.29, 1.82) is 0 Å². The van der Waals surface area contributed by atoms with Crippen molar-refractivity contribution < 1.29 is 18.7 Å². The fourth-order valence-electron chi connectivity index (χ4n) is 4.55. The predicted octanol–water partition coefficient (Wildman–Crippen LogP) is 1.45. The number of piperidine rings is 1. The maximum Gasteiger partial charge on any atom is 0.237 e. The molecule has 1 aromatic heterocycles. The molecule has 3 aliphatic heterocycles. The Balaban J connectivity index is 1.36. The highest BCUT2D eigenvalue weighted by Gasteiger charge is 2.40. The summed E-state index contributed by atoms with van der Waals surface area (Å²) < 4.78 is 11.6. The van der Waals surface area contributed by atoms with Crippen molar-refractivity contribution in [3.8, 4) is 0 Å². The lowest BCUT2D eigenvalue weighted by Crippen LogP contribution is -2.56. The highest BCUT2D eigenvalue weighted by Crippen LogP contribution is 2.35. The van der Waals surface area contributed by atoms with Gasteiger partial charge in [-0.25, -0.2) is 0 Å². The van der Waals surface area contributed by atoms with Crippen LogP contribution in [0.4, 0.5) is 0 Å². The van der Waals surface area contributed by atoms with Crippen LogP contribution in [0.3, 0.4) is 0 Å². The smallest absolute Gasteiger partial charge is 0.237 e. The molecule has 1 spiro atoms. The van der Waals surface area contributed by atoms with Crippen LogP contribution in [-0.2, 0) is 20.9 Å². The Bertz CT molecular complexity index is 685. The van der Waals surface area contributed by atoms with Crippen molar-refractivity contribution in [2.75, 3.05) is 32.8 Å². The molecule has 1 N–H and O–H groups in total. The van der Waals surface area contributed by atoms with Gasteiger partial charge in [0.15, 0.2) is 0 Å². The standard InChI is InChI=1S/C20H29N3O4/c1-15-3-4-16(27-15)14-23-11-8-21-19(25)17(23)13-18(24)22-9-6-20(7-10-22)5-2-12-26-20/h3-4,17H,2,5-14H2,1H3,(H,21,25)/t17-/m1/s1. The van der Waals surface area contributed by atoms with Crippen LogP contribution in [0.5, 0.6) is 0 Å². The van der Waals surface area contributed by atoms with Gasteiger partial charge in [-0.1, -0.05) is 0 Å². The summed E-state index contributed by atoms with van der Waals surface area (Å²) in [7, 11) is 0. The first-order valence-electron chi connectivity index (χ1n) is 10.0. The average Bonchev–Trinajstić information content (AvgIpc) is 3.28. The molecule has 1 atom stereocenters. The minimum absolute atomic E-state index is 0.00216. The Morgan fingerprint density at radius 3 is 2.74 bits per heavy atom. The van der Waals surface area contributed by atoms with Gasteiger partial charge in [0.2, 0.25) is 11.8 Å². The Morgan fingerprint density at radius 1 is 1.26 bits per heavy atom. The molecule has 4 heterocycles. The van der Waals surface area contributed by atoms with Crippen molar-refractivity contribution in [3.63, 3.8) is 0 Å². The number of nitrogens with zero attached hydrogens (tertiary/aromatic N) is 2. The van der Waals surface area contributed by atoms with Gasteiger partial charge >= 0.3 is 0 Å². The predicted molar refractivity (Wildman–Crippen MR) is 99.0 cm³/mol. The second-order valence-electron chi connectivity index (χ2n) is 8.01. The molecule has 2 amide bonds. The lowest BCUT2D eigenvalue weighted by Gasteiger charge is -2.40. The summed E-state index contributed by atoms with van der Waals surface area (Å²) in [5, 5.41) is 2.90. The summed E-state index contributed by atoms with van der Waals surface area (Å²) in [5.41, 5.74) is 0.00216. The quantitative estimate of drug-likeness (QED) is 0.862. The first-order chi connectivity index (χ1) is 13.0. The van der Waals surface area contributed by atoms with E-state index in [4.69, 9.17) is 9.15 Å². The Morgan fingerprint density at radius 2 is 2.07 bits per heavy atom. The molecule has 1 aromatic rings. The summed E-state index contributed by atoms with van der Waals surface area (Å²) in [5.74, 6) is 1.68. The summed E-state index contributed by atoms with van der Waals surface area (Å²) in [4.78, 5) is 29.3. The van der Waals surface area contributed by atoms with E-state index in [9.17, 15) is 9.59 Å². The van der Waals surface area contributed by atoms with E-state index >= 15 is 0 Å². The minimum atomic E-state index is -0.435. The van der Waals surface area contributed by atoms with Gasteiger partial charge < -0.3 is 19.4 Å². The number of rotatable bonds is 4. The Kier molecular flexibility index (Phi) is 5.23. The molecule has 0 saturated carbocycles. The minimum Gasteiger partial charge on any atom is -0.465 e. The first kappa shape index (κ1) is 18.5. The van der Waals surface area contributed by atoms with Crippen molar-refractivity contribution in [1.82, 2.24) is 15.1 Å². The third-order valence-electron chi connectivity index (χ3n) is 6.18. The fourth-order valence-corrected chi connectivity index (χ4v) is 4.55.